The van der Waals surface area contributed by atoms with Crippen molar-refractivity contribution in [1.29, 1.82) is 0 Å². The SMILES string of the molecule is CCC(C)NC(=O)C(C)N1CC(C)OC(CO)C1. The molecule has 1 heterocycles. The first-order valence-electron chi connectivity index (χ1n) is 6.78. The van der Waals surface area contributed by atoms with Gasteiger partial charge in [0, 0.05) is 19.1 Å². The van der Waals surface area contributed by atoms with Crippen molar-refractivity contribution in [3.8, 4) is 0 Å². The lowest BCUT2D eigenvalue weighted by atomic mass is 10.1. The van der Waals surface area contributed by atoms with Crippen molar-refractivity contribution in [2.75, 3.05) is 19.7 Å². The average Bonchev–Trinajstić information content (AvgIpc) is 2.36. The van der Waals surface area contributed by atoms with Crippen molar-refractivity contribution in [3.63, 3.8) is 0 Å². The maximum Gasteiger partial charge on any atom is 0.237 e. The number of hydrogen-bond acceptors (Lipinski definition) is 4. The molecule has 18 heavy (non-hydrogen) atoms. The zero-order valence-corrected chi connectivity index (χ0v) is 11.8. The molecule has 1 saturated heterocycles. The number of nitrogens with zero attached hydrogens (tertiary/aromatic N) is 1. The smallest absolute Gasteiger partial charge is 0.237 e. The molecular weight excluding hydrogens is 232 g/mol. The number of ether oxygens (including phenoxy) is 1. The molecule has 4 unspecified atom stereocenters. The van der Waals surface area contributed by atoms with E-state index in [1.54, 1.807) is 0 Å². The van der Waals surface area contributed by atoms with Gasteiger partial charge in [-0.25, -0.2) is 0 Å². The van der Waals surface area contributed by atoms with Crippen molar-refractivity contribution in [3.05, 3.63) is 0 Å². The van der Waals surface area contributed by atoms with Crippen LogP contribution in [0.15, 0.2) is 0 Å². The van der Waals surface area contributed by atoms with E-state index in [2.05, 4.69) is 10.2 Å². The lowest BCUT2D eigenvalue weighted by Gasteiger charge is -2.39. The topological polar surface area (TPSA) is 61.8 Å². The molecule has 0 aliphatic carbocycles. The molecule has 0 radical (unpaired) electrons. The third-order valence-corrected chi connectivity index (χ3v) is 3.49. The second-order valence-corrected chi connectivity index (χ2v) is 5.20. The summed E-state index contributed by atoms with van der Waals surface area (Å²) >= 11 is 0. The fraction of sp³-hybridized carbons (Fsp3) is 0.923. The van der Waals surface area contributed by atoms with Crippen molar-refractivity contribution in [2.45, 2.75) is 58.4 Å². The van der Waals surface area contributed by atoms with Gasteiger partial charge in [-0.3, -0.25) is 9.69 Å². The standard InChI is InChI=1S/C13H26N2O3/c1-5-9(2)14-13(17)11(4)15-6-10(3)18-12(7-15)8-16/h9-12,16H,5-8H2,1-4H3,(H,14,17). The van der Waals surface area contributed by atoms with Gasteiger partial charge in [-0.15, -0.1) is 0 Å². The second-order valence-electron chi connectivity index (χ2n) is 5.20. The number of aliphatic hydroxyl groups excluding tert-OH is 1. The summed E-state index contributed by atoms with van der Waals surface area (Å²) in [6, 6.07) is 0.0199. The molecule has 1 amide bonds. The number of morpholine rings is 1. The highest BCUT2D eigenvalue weighted by molar-refractivity contribution is 5.81. The summed E-state index contributed by atoms with van der Waals surface area (Å²) in [7, 11) is 0. The van der Waals surface area contributed by atoms with E-state index in [1.165, 1.54) is 0 Å². The Balaban J connectivity index is 2.54. The van der Waals surface area contributed by atoms with Crippen LogP contribution < -0.4 is 5.32 Å². The van der Waals surface area contributed by atoms with Crippen LogP contribution in [0.5, 0.6) is 0 Å². The van der Waals surface area contributed by atoms with E-state index in [0.29, 0.717) is 6.54 Å². The van der Waals surface area contributed by atoms with Crippen LogP contribution in [-0.2, 0) is 9.53 Å². The number of aliphatic hydroxyl groups is 1. The van der Waals surface area contributed by atoms with Crippen molar-refractivity contribution < 1.29 is 14.6 Å². The fourth-order valence-electron chi connectivity index (χ4n) is 2.13. The lowest BCUT2D eigenvalue weighted by Crippen LogP contribution is -2.56. The number of amides is 1. The molecule has 1 aliphatic rings. The number of carbonyl (C=O) groups is 1. The van der Waals surface area contributed by atoms with Gasteiger partial charge in [0.15, 0.2) is 0 Å². The highest BCUT2D eigenvalue weighted by atomic mass is 16.5. The molecule has 0 bridgehead atoms. The van der Waals surface area contributed by atoms with Gasteiger partial charge in [-0.1, -0.05) is 6.92 Å². The zero-order valence-electron chi connectivity index (χ0n) is 11.8. The van der Waals surface area contributed by atoms with Crippen LogP contribution >= 0.6 is 0 Å². The zero-order chi connectivity index (χ0) is 13.7. The summed E-state index contributed by atoms with van der Waals surface area (Å²) in [6.07, 6.45) is 0.791. The Labute approximate surface area is 109 Å². The number of nitrogens with one attached hydrogen (secondary N) is 1. The molecule has 0 aromatic carbocycles. The third kappa shape index (κ3) is 4.23. The van der Waals surface area contributed by atoms with Crippen molar-refractivity contribution in [2.24, 2.45) is 0 Å². The normalized spacial score (nSPS) is 28.7. The van der Waals surface area contributed by atoms with Crippen LogP contribution in [0.1, 0.15) is 34.1 Å². The van der Waals surface area contributed by atoms with E-state index in [0.717, 1.165) is 13.0 Å². The number of rotatable bonds is 5. The highest BCUT2D eigenvalue weighted by Crippen LogP contribution is 2.14. The van der Waals surface area contributed by atoms with E-state index in [9.17, 15) is 9.90 Å². The summed E-state index contributed by atoms with van der Waals surface area (Å²) in [5.74, 6) is 0.0511. The van der Waals surface area contributed by atoms with Crippen LogP contribution in [0.3, 0.4) is 0 Å². The van der Waals surface area contributed by atoms with Gasteiger partial charge in [-0.2, -0.15) is 0 Å². The lowest BCUT2D eigenvalue weighted by molar-refractivity contribution is -0.135. The average molecular weight is 258 g/mol. The molecular formula is C13H26N2O3. The van der Waals surface area contributed by atoms with Gasteiger partial charge < -0.3 is 15.2 Å². The Bertz CT molecular complexity index is 273. The predicted octanol–water partition coefficient (Wildman–Crippen LogP) is 0.371. The molecule has 106 valence electrons. The predicted molar refractivity (Wildman–Crippen MR) is 70.4 cm³/mol. The Hall–Kier alpha value is -0.650. The van der Waals surface area contributed by atoms with Crippen LogP contribution in [-0.4, -0.2) is 59.9 Å². The quantitative estimate of drug-likeness (QED) is 0.748. The molecule has 0 saturated carbocycles. The first-order chi connectivity index (χ1) is 8.47. The summed E-state index contributed by atoms with van der Waals surface area (Å²) in [4.78, 5) is 14.1. The van der Waals surface area contributed by atoms with E-state index < -0.39 is 0 Å². The van der Waals surface area contributed by atoms with E-state index in [1.807, 2.05) is 27.7 Å². The Kier molecular flexibility index (Phi) is 6.05. The number of carbonyl (C=O) groups excluding carboxylic acids is 1. The maximum atomic E-state index is 12.1. The minimum atomic E-state index is -0.187. The van der Waals surface area contributed by atoms with Gasteiger partial charge in [-0.05, 0) is 27.2 Å². The van der Waals surface area contributed by atoms with Gasteiger partial charge >= 0.3 is 0 Å². The first kappa shape index (κ1) is 15.4. The molecule has 1 rings (SSSR count). The monoisotopic (exact) mass is 258 g/mol. The number of hydrogen-bond donors (Lipinski definition) is 2. The molecule has 5 nitrogen and oxygen atoms in total. The van der Waals surface area contributed by atoms with E-state index in [4.69, 9.17) is 4.74 Å². The fourth-order valence-corrected chi connectivity index (χ4v) is 2.13. The van der Waals surface area contributed by atoms with Gasteiger partial charge in [0.2, 0.25) is 5.91 Å². The van der Waals surface area contributed by atoms with Gasteiger partial charge in [0.1, 0.15) is 0 Å². The minimum Gasteiger partial charge on any atom is -0.394 e. The van der Waals surface area contributed by atoms with Crippen LogP contribution in [0.25, 0.3) is 0 Å². The summed E-state index contributed by atoms with van der Waals surface area (Å²) < 4.78 is 5.57. The highest BCUT2D eigenvalue weighted by Gasteiger charge is 2.30. The minimum absolute atomic E-state index is 0.000538. The molecule has 0 aromatic rings. The molecule has 5 heteroatoms. The first-order valence-corrected chi connectivity index (χ1v) is 6.78. The Morgan fingerprint density at radius 2 is 2.17 bits per heavy atom. The van der Waals surface area contributed by atoms with E-state index in [-0.39, 0.29) is 36.8 Å². The third-order valence-electron chi connectivity index (χ3n) is 3.49. The van der Waals surface area contributed by atoms with Crippen molar-refractivity contribution in [1.82, 2.24) is 10.2 Å². The van der Waals surface area contributed by atoms with Crippen LogP contribution in [0, 0.1) is 0 Å². The maximum absolute atomic E-state index is 12.1. The van der Waals surface area contributed by atoms with Crippen molar-refractivity contribution >= 4 is 5.91 Å². The van der Waals surface area contributed by atoms with Crippen LogP contribution in [0.4, 0.5) is 0 Å². The molecule has 1 fully saturated rings. The summed E-state index contributed by atoms with van der Waals surface area (Å²) in [5.41, 5.74) is 0. The summed E-state index contributed by atoms with van der Waals surface area (Å²) in [5, 5.41) is 12.2. The largest absolute Gasteiger partial charge is 0.394 e. The molecule has 0 spiro atoms. The summed E-state index contributed by atoms with van der Waals surface area (Å²) in [6.45, 7) is 9.26. The second kappa shape index (κ2) is 7.07. The molecule has 0 aromatic heterocycles. The molecule has 2 N–H and O–H groups in total. The molecule has 4 atom stereocenters. The van der Waals surface area contributed by atoms with E-state index >= 15 is 0 Å². The Morgan fingerprint density at radius 3 is 2.72 bits per heavy atom. The molecule has 1 aliphatic heterocycles. The Morgan fingerprint density at radius 1 is 1.50 bits per heavy atom. The van der Waals surface area contributed by atoms with Crippen LogP contribution in [0.2, 0.25) is 0 Å². The van der Waals surface area contributed by atoms with Gasteiger partial charge in [0.25, 0.3) is 0 Å². The van der Waals surface area contributed by atoms with Gasteiger partial charge in [0.05, 0.1) is 24.9 Å².